The van der Waals surface area contributed by atoms with Gasteiger partial charge in [-0.3, -0.25) is 0 Å². The second-order valence-corrected chi connectivity index (χ2v) is 4.93. The Kier molecular flexibility index (Phi) is 4.32. The van der Waals surface area contributed by atoms with Crippen LogP contribution >= 0.6 is 15.9 Å². The molecule has 0 aliphatic heterocycles. The average molecular weight is 273 g/mol. The molecule has 1 rings (SSSR count). The third-order valence-corrected chi connectivity index (χ3v) is 2.32. The lowest BCUT2D eigenvalue weighted by Crippen LogP contribution is -2.19. The summed E-state index contributed by atoms with van der Waals surface area (Å²) in [6.45, 7) is 6.49. The van der Waals surface area contributed by atoms with Crippen LogP contribution in [0.1, 0.15) is 27.2 Å². The first-order valence-corrected chi connectivity index (χ1v) is 5.83. The van der Waals surface area contributed by atoms with Crippen LogP contribution in [0, 0.1) is 5.92 Å². The van der Waals surface area contributed by atoms with Gasteiger partial charge in [-0.2, -0.15) is 4.98 Å². The van der Waals surface area contributed by atoms with Crippen molar-refractivity contribution in [3.05, 3.63) is 10.7 Å². The first-order valence-electron chi connectivity index (χ1n) is 5.04. The van der Waals surface area contributed by atoms with Crippen molar-refractivity contribution in [1.82, 2.24) is 9.97 Å². The minimum absolute atomic E-state index is 0.346. The fourth-order valence-electron chi connectivity index (χ4n) is 1.49. The van der Waals surface area contributed by atoms with Crippen molar-refractivity contribution in [2.75, 3.05) is 11.1 Å². The number of rotatable bonds is 4. The molecule has 5 heteroatoms. The van der Waals surface area contributed by atoms with Gasteiger partial charge in [-0.15, -0.1) is 0 Å². The van der Waals surface area contributed by atoms with Crippen molar-refractivity contribution in [3.8, 4) is 0 Å². The molecule has 0 fully saturated rings. The lowest BCUT2D eigenvalue weighted by atomic mass is 10.1. The van der Waals surface area contributed by atoms with Gasteiger partial charge in [-0.1, -0.05) is 13.8 Å². The molecule has 3 N–H and O–H groups in total. The van der Waals surface area contributed by atoms with E-state index in [1.54, 1.807) is 6.07 Å². The van der Waals surface area contributed by atoms with E-state index >= 15 is 0 Å². The van der Waals surface area contributed by atoms with Gasteiger partial charge >= 0.3 is 0 Å². The Bertz CT molecular complexity index is 307. The molecule has 1 heterocycles. The van der Waals surface area contributed by atoms with Crippen LogP contribution in [0.3, 0.4) is 0 Å². The summed E-state index contributed by atoms with van der Waals surface area (Å²) in [5, 5.41) is 3.22. The third-order valence-electron chi connectivity index (χ3n) is 1.92. The summed E-state index contributed by atoms with van der Waals surface area (Å²) >= 11 is 3.28. The molecule has 1 atom stereocenters. The van der Waals surface area contributed by atoms with Gasteiger partial charge < -0.3 is 11.1 Å². The van der Waals surface area contributed by atoms with Crippen LogP contribution in [-0.4, -0.2) is 16.0 Å². The van der Waals surface area contributed by atoms with E-state index < -0.39 is 0 Å². The van der Waals surface area contributed by atoms with Crippen molar-refractivity contribution in [1.29, 1.82) is 0 Å². The molecule has 0 radical (unpaired) electrons. The lowest BCUT2D eigenvalue weighted by Gasteiger charge is -2.15. The zero-order valence-corrected chi connectivity index (χ0v) is 10.9. The van der Waals surface area contributed by atoms with Crippen LogP contribution in [0.2, 0.25) is 0 Å². The minimum Gasteiger partial charge on any atom is -0.383 e. The highest BCUT2D eigenvalue weighted by atomic mass is 79.9. The monoisotopic (exact) mass is 272 g/mol. The van der Waals surface area contributed by atoms with Crippen molar-refractivity contribution < 1.29 is 0 Å². The molecule has 0 spiro atoms. The summed E-state index contributed by atoms with van der Waals surface area (Å²) in [6, 6.07) is 2.02. The Balaban J connectivity index is 2.63. The molecule has 0 saturated carbocycles. The van der Waals surface area contributed by atoms with E-state index in [2.05, 4.69) is 52.0 Å². The van der Waals surface area contributed by atoms with Crippen LogP contribution in [-0.2, 0) is 0 Å². The van der Waals surface area contributed by atoms with E-state index in [4.69, 9.17) is 5.73 Å². The van der Waals surface area contributed by atoms with Gasteiger partial charge in [0.25, 0.3) is 0 Å². The van der Waals surface area contributed by atoms with Crippen LogP contribution in [0.5, 0.6) is 0 Å². The van der Waals surface area contributed by atoms with Crippen molar-refractivity contribution in [2.24, 2.45) is 5.92 Å². The summed E-state index contributed by atoms with van der Waals surface area (Å²) in [7, 11) is 0. The summed E-state index contributed by atoms with van der Waals surface area (Å²) in [6.07, 6.45) is 1.08. The topological polar surface area (TPSA) is 63.8 Å². The molecule has 0 aromatic carbocycles. The van der Waals surface area contributed by atoms with E-state index in [9.17, 15) is 0 Å². The molecule has 0 amide bonds. The van der Waals surface area contributed by atoms with Crippen molar-refractivity contribution in [2.45, 2.75) is 33.2 Å². The standard InChI is InChI=1S/C10H17BrN4/c1-6(2)4-7(3)13-10-14-8(11)5-9(12)15-10/h5-7H,4H2,1-3H3,(H3,12,13,14,15). The predicted molar refractivity (Wildman–Crippen MR) is 66.7 cm³/mol. The maximum absolute atomic E-state index is 5.62. The highest BCUT2D eigenvalue weighted by molar-refractivity contribution is 9.10. The van der Waals surface area contributed by atoms with E-state index in [1.807, 2.05) is 0 Å². The molecular formula is C10H17BrN4. The van der Waals surface area contributed by atoms with Crippen LogP contribution in [0.25, 0.3) is 0 Å². The van der Waals surface area contributed by atoms with E-state index in [-0.39, 0.29) is 0 Å². The molecule has 0 aliphatic rings. The highest BCUT2D eigenvalue weighted by Gasteiger charge is 2.07. The quantitative estimate of drug-likeness (QED) is 0.828. The fraction of sp³-hybridized carbons (Fsp3) is 0.600. The predicted octanol–water partition coefficient (Wildman–Crippen LogP) is 2.67. The molecule has 1 unspecified atom stereocenters. The number of halogens is 1. The molecule has 0 bridgehead atoms. The summed E-state index contributed by atoms with van der Waals surface area (Å²) in [4.78, 5) is 8.30. The Morgan fingerprint density at radius 2 is 2.07 bits per heavy atom. The summed E-state index contributed by atoms with van der Waals surface area (Å²) in [5.74, 6) is 1.70. The van der Waals surface area contributed by atoms with Crippen LogP contribution in [0.15, 0.2) is 10.7 Å². The van der Waals surface area contributed by atoms with Crippen LogP contribution < -0.4 is 11.1 Å². The second kappa shape index (κ2) is 5.30. The van der Waals surface area contributed by atoms with Gasteiger partial charge in [0.15, 0.2) is 0 Å². The highest BCUT2D eigenvalue weighted by Crippen LogP contribution is 2.14. The summed E-state index contributed by atoms with van der Waals surface area (Å²) in [5.41, 5.74) is 5.62. The normalized spacial score (nSPS) is 12.9. The minimum atomic E-state index is 0.346. The van der Waals surface area contributed by atoms with Gasteiger partial charge in [0.05, 0.1) is 0 Å². The number of nitrogen functional groups attached to an aromatic ring is 1. The number of nitrogens with zero attached hydrogens (tertiary/aromatic N) is 2. The first kappa shape index (κ1) is 12.2. The summed E-state index contributed by atoms with van der Waals surface area (Å²) < 4.78 is 0.703. The first-order chi connectivity index (χ1) is 6.97. The molecule has 84 valence electrons. The Labute approximate surface area is 98.8 Å². The van der Waals surface area contributed by atoms with Gasteiger partial charge in [0.1, 0.15) is 10.4 Å². The van der Waals surface area contributed by atoms with Crippen molar-refractivity contribution in [3.63, 3.8) is 0 Å². The maximum Gasteiger partial charge on any atom is 0.225 e. The molecule has 0 saturated heterocycles. The zero-order chi connectivity index (χ0) is 11.4. The number of nitrogens with one attached hydrogen (secondary N) is 1. The Morgan fingerprint density at radius 3 is 2.60 bits per heavy atom. The van der Waals surface area contributed by atoms with Crippen molar-refractivity contribution >= 4 is 27.7 Å². The molecule has 15 heavy (non-hydrogen) atoms. The Morgan fingerprint density at radius 1 is 1.40 bits per heavy atom. The van der Waals surface area contributed by atoms with E-state index in [0.717, 1.165) is 6.42 Å². The molecular weight excluding hydrogens is 256 g/mol. The van der Waals surface area contributed by atoms with Gasteiger partial charge in [-0.25, -0.2) is 4.98 Å². The number of aromatic nitrogens is 2. The van der Waals surface area contributed by atoms with Crippen LogP contribution in [0.4, 0.5) is 11.8 Å². The SMILES string of the molecule is CC(C)CC(C)Nc1nc(N)cc(Br)n1. The number of hydrogen-bond donors (Lipinski definition) is 2. The largest absolute Gasteiger partial charge is 0.383 e. The van der Waals surface area contributed by atoms with E-state index in [0.29, 0.717) is 28.3 Å². The Hall–Kier alpha value is -0.840. The van der Waals surface area contributed by atoms with Gasteiger partial charge in [0.2, 0.25) is 5.95 Å². The number of anilines is 2. The van der Waals surface area contributed by atoms with Gasteiger partial charge in [-0.05, 0) is 35.2 Å². The number of hydrogen-bond acceptors (Lipinski definition) is 4. The average Bonchev–Trinajstić information content (AvgIpc) is 1.98. The second-order valence-electron chi connectivity index (χ2n) is 4.11. The third kappa shape index (κ3) is 4.46. The fourth-order valence-corrected chi connectivity index (χ4v) is 1.89. The van der Waals surface area contributed by atoms with E-state index in [1.165, 1.54) is 0 Å². The molecule has 4 nitrogen and oxygen atoms in total. The molecule has 1 aromatic heterocycles. The smallest absolute Gasteiger partial charge is 0.225 e. The van der Waals surface area contributed by atoms with Gasteiger partial charge in [0, 0.05) is 12.1 Å². The zero-order valence-electron chi connectivity index (χ0n) is 9.29. The molecule has 0 aliphatic carbocycles. The lowest BCUT2D eigenvalue weighted by molar-refractivity contribution is 0.537. The number of nitrogens with two attached hydrogens (primary N) is 1. The molecule has 1 aromatic rings. The maximum atomic E-state index is 5.62.